The zero-order chi connectivity index (χ0) is 26.0. The second kappa shape index (κ2) is 12.6. The zero-order valence-corrected chi connectivity index (χ0v) is 18.3. The van der Waals surface area contributed by atoms with Gasteiger partial charge in [-0.15, -0.1) is 0 Å². The normalized spacial score (nSPS) is 10.3. The minimum absolute atomic E-state index is 0.0177. The van der Waals surface area contributed by atoms with Crippen molar-refractivity contribution in [2.24, 2.45) is 0 Å². The van der Waals surface area contributed by atoms with Crippen molar-refractivity contribution in [2.45, 2.75) is 0 Å². The molecule has 4 N–H and O–H groups in total. The summed E-state index contributed by atoms with van der Waals surface area (Å²) >= 11 is 0. The Morgan fingerprint density at radius 3 is 1.57 bits per heavy atom. The summed E-state index contributed by atoms with van der Waals surface area (Å²) < 4.78 is 25.0. The van der Waals surface area contributed by atoms with Gasteiger partial charge in [-0.3, -0.25) is 19.2 Å². The number of carboxylic acid groups (broad SMARTS) is 4. The number of carbonyl (C=O) groups is 4. The van der Waals surface area contributed by atoms with Crippen LogP contribution in [0.15, 0.2) is 42.5 Å². The summed E-state index contributed by atoms with van der Waals surface area (Å²) in [5.41, 5.74) is 0.151. The van der Waals surface area contributed by atoms with Gasteiger partial charge < -0.3 is 39.7 Å². The molecule has 13 heteroatoms. The monoisotopic (exact) mass is 494 g/mol. The summed E-state index contributed by atoms with van der Waals surface area (Å²) in [4.78, 5) is 46.6. The van der Waals surface area contributed by atoms with Crippen LogP contribution < -0.4 is 19.3 Å². The maximum atomic E-state index is 13.8. The first-order chi connectivity index (χ1) is 16.6. The van der Waals surface area contributed by atoms with Gasteiger partial charge >= 0.3 is 23.9 Å². The van der Waals surface area contributed by atoms with Gasteiger partial charge in [-0.1, -0.05) is 12.1 Å². The molecule has 0 atom stereocenters. The quantitative estimate of drug-likeness (QED) is 0.261. The topological polar surface area (TPSA) is 174 Å². The fourth-order valence-electron chi connectivity index (χ4n) is 3.11. The molecule has 2 aromatic rings. The molecule has 12 nitrogen and oxygen atoms in total. The van der Waals surface area contributed by atoms with Crippen LogP contribution in [0.1, 0.15) is 0 Å². The predicted octanol–water partition coefficient (Wildman–Crippen LogP) is 1.23. The number of benzene rings is 2. The van der Waals surface area contributed by atoms with Gasteiger partial charge in [-0.2, -0.15) is 0 Å². The number of halogens is 1. The van der Waals surface area contributed by atoms with Crippen LogP contribution in [0.4, 0.5) is 15.8 Å². The lowest BCUT2D eigenvalue weighted by atomic mass is 10.2. The summed E-state index contributed by atoms with van der Waals surface area (Å²) in [6.45, 7) is -2.83. The molecule has 0 aliphatic heterocycles. The van der Waals surface area contributed by atoms with Gasteiger partial charge in [0.15, 0.2) is 0 Å². The van der Waals surface area contributed by atoms with Crippen LogP contribution in [-0.4, -0.2) is 83.7 Å². The predicted molar refractivity (Wildman–Crippen MR) is 119 cm³/mol. The van der Waals surface area contributed by atoms with Crippen molar-refractivity contribution < 1.29 is 53.5 Å². The number of para-hydroxylation sites is 2. The summed E-state index contributed by atoms with van der Waals surface area (Å²) in [6, 6.07) is 9.42. The van der Waals surface area contributed by atoms with E-state index in [2.05, 4.69) is 0 Å². The summed E-state index contributed by atoms with van der Waals surface area (Å²) in [6.07, 6.45) is 0. The minimum atomic E-state index is -1.33. The van der Waals surface area contributed by atoms with E-state index >= 15 is 0 Å². The van der Waals surface area contributed by atoms with Gasteiger partial charge in [0.2, 0.25) is 0 Å². The molecule has 188 valence electrons. The lowest BCUT2D eigenvalue weighted by molar-refractivity contribution is -0.138. The number of ether oxygens (including phenoxy) is 2. The van der Waals surface area contributed by atoms with E-state index < -0.39 is 55.9 Å². The number of anilines is 2. The van der Waals surface area contributed by atoms with Crippen LogP contribution in [0.5, 0.6) is 11.5 Å². The third-order valence-corrected chi connectivity index (χ3v) is 4.37. The highest BCUT2D eigenvalue weighted by Crippen LogP contribution is 2.30. The third kappa shape index (κ3) is 8.72. The molecule has 0 radical (unpaired) electrons. The Hall–Kier alpha value is -4.55. The first-order valence-corrected chi connectivity index (χ1v) is 10.1. The van der Waals surface area contributed by atoms with E-state index in [1.54, 1.807) is 12.1 Å². The molecule has 0 amide bonds. The van der Waals surface area contributed by atoms with Crippen LogP contribution in [0.2, 0.25) is 0 Å². The van der Waals surface area contributed by atoms with Gasteiger partial charge in [0.05, 0.1) is 11.4 Å². The van der Waals surface area contributed by atoms with E-state index in [0.717, 1.165) is 21.9 Å². The number of aliphatic carboxylic acids is 4. The molecular formula is C22H23FN2O10. The Labute approximate surface area is 198 Å². The average molecular weight is 494 g/mol. The standard InChI is InChI=1S/C22H23FN2O10/c23-14-5-6-18(16(9-14)25(12-21(30)31)13-22(32)33)35-8-7-34-17-4-2-1-3-15(17)24(10-19(26)27)11-20(28)29/h1-6,9H,7-8,10-13H2,(H,26,27)(H,28,29)(H,30,31)(H,32,33). The van der Waals surface area contributed by atoms with Gasteiger partial charge in [-0.25, -0.2) is 4.39 Å². The van der Waals surface area contributed by atoms with E-state index in [4.69, 9.17) is 29.9 Å². The molecule has 0 aliphatic carbocycles. The summed E-state index contributed by atoms with van der Waals surface area (Å²) in [5, 5.41) is 36.3. The SMILES string of the molecule is O=C(O)CN(CC(=O)O)c1ccccc1OCCOc1ccc(F)cc1N(CC(=O)O)CC(=O)O. The zero-order valence-electron chi connectivity index (χ0n) is 18.3. The van der Waals surface area contributed by atoms with Crippen molar-refractivity contribution in [3.63, 3.8) is 0 Å². The number of rotatable bonds is 15. The van der Waals surface area contributed by atoms with Crippen LogP contribution in [0.3, 0.4) is 0 Å². The van der Waals surface area contributed by atoms with Crippen molar-refractivity contribution >= 4 is 35.3 Å². The van der Waals surface area contributed by atoms with E-state index in [1.165, 1.54) is 18.2 Å². The van der Waals surface area contributed by atoms with Crippen LogP contribution in [-0.2, 0) is 19.2 Å². The number of carboxylic acids is 4. The molecular weight excluding hydrogens is 471 g/mol. The van der Waals surface area contributed by atoms with E-state index in [0.29, 0.717) is 0 Å². The number of nitrogens with zero attached hydrogens (tertiary/aromatic N) is 2. The van der Waals surface area contributed by atoms with Gasteiger partial charge in [0.25, 0.3) is 0 Å². The highest BCUT2D eigenvalue weighted by Gasteiger charge is 2.20. The number of hydrogen-bond acceptors (Lipinski definition) is 8. The van der Waals surface area contributed by atoms with Gasteiger partial charge in [0, 0.05) is 6.07 Å². The first-order valence-electron chi connectivity index (χ1n) is 10.1. The molecule has 0 spiro atoms. The minimum Gasteiger partial charge on any atom is -0.488 e. The van der Waals surface area contributed by atoms with Gasteiger partial charge in [-0.05, 0) is 24.3 Å². The third-order valence-electron chi connectivity index (χ3n) is 4.37. The first kappa shape index (κ1) is 26.7. The molecule has 0 fully saturated rings. The van der Waals surface area contributed by atoms with E-state index in [1.807, 2.05) is 0 Å². The Morgan fingerprint density at radius 1 is 0.657 bits per heavy atom. The largest absolute Gasteiger partial charge is 0.488 e. The number of hydrogen-bond donors (Lipinski definition) is 4. The Kier molecular flexibility index (Phi) is 9.63. The lowest BCUT2D eigenvalue weighted by Crippen LogP contribution is -2.35. The maximum absolute atomic E-state index is 13.8. The highest BCUT2D eigenvalue weighted by atomic mass is 19.1. The molecule has 0 aromatic heterocycles. The van der Waals surface area contributed by atoms with E-state index in [-0.39, 0.29) is 36.1 Å². The molecule has 0 unspecified atom stereocenters. The molecule has 0 saturated carbocycles. The molecule has 0 bridgehead atoms. The van der Waals surface area contributed by atoms with Crippen LogP contribution in [0, 0.1) is 5.82 Å². The Balaban J connectivity index is 2.14. The second-order valence-electron chi connectivity index (χ2n) is 7.06. The van der Waals surface area contributed by atoms with Crippen molar-refractivity contribution in [1.82, 2.24) is 0 Å². The lowest BCUT2D eigenvalue weighted by Gasteiger charge is -2.24. The van der Waals surface area contributed by atoms with Crippen molar-refractivity contribution in [3.05, 3.63) is 48.3 Å². The van der Waals surface area contributed by atoms with Crippen LogP contribution >= 0.6 is 0 Å². The molecule has 35 heavy (non-hydrogen) atoms. The van der Waals surface area contributed by atoms with E-state index in [9.17, 15) is 23.6 Å². The molecule has 0 heterocycles. The smallest absolute Gasteiger partial charge is 0.323 e. The van der Waals surface area contributed by atoms with Crippen LogP contribution in [0.25, 0.3) is 0 Å². The maximum Gasteiger partial charge on any atom is 0.323 e. The molecule has 0 saturated heterocycles. The fourth-order valence-corrected chi connectivity index (χ4v) is 3.11. The van der Waals surface area contributed by atoms with Crippen molar-refractivity contribution in [3.8, 4) is 11.5 Å². The Morgan fingerprint density at radius 2 is 1.09 bits per heavy atom. The second-order valence-corrected chi connectivity index (χ2v) is 7.06. The van der Waals surface area contributed by atoms with Crippen molar-refractivity contribution in [2.75, 3.05) is 49.2 Å². The molecule has 2 aromatic carbocycles. The summed E-state index contributed by atoms with van der Waals surface area (Å²) in [5.74, 6) is -5.64. The van der Waals surface area contributed by atoms with Gasteiger partial charge in [0.1, 0.15) is 56.7 Å². The highest BCUT2D eigenvalue weighted by molar-refractivity contribution is 5.81. The fraction of sp³-hybridized carbons (Fsp3) is 0.273. The van der Waals surface area contributed by atoms with Crippen molar-refractivity contribution in [1.29, 1.82) is 0 Å². The molecule has 0 aliphatic rings. The molecule has 2 rings (SSSR count). The average Bonchev–Trinajstić information content (AvgIpc) is 2.75. The summed E-state index contributed by atoms with van der Waals surface area (Å²) in [7, 11) is 0. The Bertz CT molecular complexity index is 1050.